The first kappa shape index (κ1) is 23.3. The molecule has 0 amide bonds. The number of benzene rings is 5. The molecule has 186 valence electrons. The van der Waals surface area contributed by atoms with E-state index in [9.17, 15) is 0 Å². The summed E-state index contributed by atoms with van der Waals surface area (Å²) in [4.78, 5) is 10.2. The van der Waals surface area contributed by atoms with E-state index in [1.165, 1.54) is 36.0 Å². The van der Waals surface area contributed by atoms with Crippen LogP contribution < -0.4 is 0 Å². The summed E-state index contributed by atoms with van der Waals surface area (Å²) in [7, 11) is -1.48. The first-order valence-electron chi connectivity index (χ1n) is 13.0. The van der Waals surface area contributed by atoms with Crippen molar-refractivity contribution < 1.29 is 0 Å². The third-order valence-electron chi connectivity index (χ3n) is 7.41. The zero-order valence-electron chi connectivity index (χ0n) is 21.4. The lowest BCUT2D eigenvalue weighted by Gasteiger charge is -2.45. The smallest absolute Gasteiger partial charge is 0.195 e. The predicted molar refractivity (Wildman–Crippen MR) is 164 cm³/mol. The molecule has 0 saturated carbocycles. The summed E-state index contributed by atoms with van der Waals surface area (Å²) in [5.41, 5.74) is 5.88. The van der Waals surface area contributed by atoms with E-state index in [4.69, 9.17) is 4.98 Å². The summed E-state index contributed by atoms with van der Waals surface area (Å²) in [6.07, 6.45) is 0. The van der Waals surface area contributed by atoms with Crippen molar-refractivity contribution in [3.8, 4) is 11.1 Å². The topological polar surface area (TPSA) is 17.3 Å². The van der Waals surface area contributed by atoms with Gasteiger partial charge >= 0.3 is 0 Å². The highest BCUT2D eigenvalue weighted by molar-refractivity contribution is 8.34. The molecule has 0 spiro atoms. The molecule has 0 bridgehead atoms. The van der Waals surface area contributed by atoms with E-state index in [1.807, 2.05) is 0 Å². The van der Waals surface area contributed by atoms with Gasteiger partial charge in [-0.15, -0.1) is 0 Å². The average molecular weight is 529 g/mol. The van der Waals surface area contributed by atoms with E-state index in [0.29, 0.717) is 5.25 Å². The van der Waals surface area contributed by atoms with Gasteiger partial charge in [0.05, 0.1) is 21.3 Å². The van der Waals surface area contributed by atoms with E-state index in [1.54, 1.807) is 11.3 Å². The summed E-state index contributed by atoms with van der Waals surface area (Å²) >= 11 is 1.75. The summed E-state index contributed by atoms with van der Waals surface area (Å²) in [5.74, 6) is 0. The van der Waals surface area contributed by atoms with Crippen molar-refractivity contribution in [1.29, 1.82) is 0 Å². The number of fused-ring (bicyclic) bond motifs is 5. The van der Waals surface area contributed by atoms with Crippen molar-refractivity contribution in [3.63, 3.8) is 0 Å². The molecule has 7 rings (SSSR count). The highest BCUT2D eigenvalue weighted by atomic mass is 32.3. The van der Waals surface area contributed by atoms with Crippen LogP contribution in [-0.2, 0) is 0 Å². The molecule has 0 aliphatic carbocycles. The highest BCUT2D eigenvalue weighted by Crippen LogP contribution is 2.71. The number of rotatable bonds is 5. The van der Waals surface area contributed by atoms with E-state index in [2.05, 4.69) is 146 Å². The second-order valence-corrected chi connectivity index (χ2v) is 14.6. The van der Waals surface area contributed by atoms with Gasteiger partial charge in [0.25, 0.3) is 0 Å². The van der Waals surface area contributed by atoms with Crippen molar-refractivity contribution in [2.24, 2.45) is 0 Å². The minimum atomic E-state index is -1.48. The minimum Gasteiger partial charge on any atom is -0.283 e. The standard InChI is InChI=1S/C34H28N2S2/c1-24(2)38(27-13-5-3-6-14-27,28-15-7-4-8-16-28)29-17-11-12-25(22-29)26-20-21-30-32(23-26)36-31-18-9-10-19-33(31)37-34(36)35-30/h3-24H,1-2H3. The molecule has 0 aliphatic heterocycles. The summed E-state index contributed by atoms with van der Waals surface area (Å²) in [6.45, 7) is 4.75. The maximum absolute atomic E-state index is 4.93. The third-order valence-corrected chi connectivity index (χ3v) is 12.9. The van der Waals surface area contributed by atoms with Gasteiger partial charge in [-0.1, -0.05) is 91.9 Å². The summed E-state index contributed by atoms with van der Waals surface area (Å²) in [6, 6.07) is 46.7. The summed E-state index contributed by atoms with van der Waals surface area (Å²) in [5, 5.41) is 0.427. The molecule has 4 heteroatoms. The van der Waals surface area contributed by atoms with Crippen LogP contribution in [0.5, 0.6) is 0 Å². The van der Waals surface area contributed by atoms with Gasteiger partial charge in [0.1, 0.15) is 0 Å². The maximum Gasteiger partial charge on any atom is 0.195 e. The summed E-state index contributed by atoms with van der Waals surface area (Å²) < 4.78 is 3.57. The van der Waals surface area contributed by atoms with Crippen molar-refractivity contribution in [2.45, 2.75) is 33.8 Å². The van der Waals surface area contributed by atoms with Gasteiger partial charge in [0.2, 0.25) is 0 Å². The Kier molecular flexibility index (Phi) is 5.61. The number of hydrogen-bond donors (Lipinski definition) is 0. The average Bonchev–Trinajstić information content (AvgIpc) is 3.50. The molecular weight excluding hydrogens is 501 g/mol. The van der Waals surface area contributed by atoms with Crippen LogP contribution in [0.2, 0.25) is 0 Å². The Balaban J connectivity index is 1.45. The lowest BCUT2D eigenvalue weighted by Crippen LogP contribution is -2.14. The second kappa shape index (κ2) is 9.16. The number of nitrogens with zero attached hydrogens (tertiary/aromatic N) is 2. The van der Waals surface area contributed by atoms with Gasteiger partial charge in [-0.05, 0) is 91.7 Å². The highest BCUT2D eigenvalue weighted by Gasteiger charge is 2.34. The number of thiazole rings is 1. The van der Waals surface area contributed by atoms with Crippen LogP contribution in [0.25, 0.3) is 37.3 Å². The Morgan fingerprint density at radius 2 is 1.24 bits per heavy atom. The number of para-hydroxylation sites is 1. The lowest BCUT2D eigenvalue weighted by molar-refractivity contribution is 1.05. The molecule has 0 unspecified atom stereocenters. The van der Waals surface area contributed by atoms with Gasteiger partial charge in [0.15, 0.2) is 4.96 Å². The van der Waals surface area contributed by atoms with Crippen LogP contribution in [0, 0.1) is 0 Å². The Bertz CT molecular complexity index is 1860. The molecule has 0 N–H and O–H groups in total. The van der Waals surface area contributed by atoms with Crippen LogP contribution in [0.4, 0.5) is 0 Å². The maximum atomic E-state index is 4.93. The van der Waals surface area contributed by atoms with Crippen molar-refractivity contribution in [1.82, 2.24) is 9.38 Å². The lowest BCUT2D eigenvalue weighted by atomic mass is 10.1. The zero-order chi connectivity index (χ0) is 25.7. The molecule has 0 atom stereocenters. The van der Waals surface area contributed by atoms with Crippen molar-refractivity contribution >= 4 is 47.6 Å². The fourth-order valence-corrected chi connectivity index (χ4v) is 11.0. The van der Waals surface area contributed by atoms with Crippen LogP contribution >= 0.6 is 21.4 Å². The van der Waals surface area contributed by atoms with E-state index in [-0.39, 0.29) is 0 Å². The second-order valence-electron chi connectivity index (χ2n) is 9.87. The van der Waals surface area contributed by atoms with Crippen LogP contribution in [0.15, 0.2) is 142 Å². The van der Waals surface area contributed by atoms with Crippen molar-refractivity contribution in [2.75, 3.05) is 0 Å². The molecule has 2 nitrogen and oxygen atoms in total. The van der Waals surface area contributed by atoms with E-state index >= 15 is 0 Å². The molecule has 0 fully saturated rings. The van der Waals surface area contributed by atoms with E-state index < -0.39 is 10.0 Å². The normalized spacial score (nSPS) is 12.6. The molecule has 2 heterocycles. The molecule has 2 aromatic heterocycles. The fourth-order valence-electron chi connectivity index (χ4n) is 5.73. The molecule has 0 saturated heterocycles. The Morgan fingerprint density at radius 3 is 1.95 bits per heavy atom. The van der Waals surface area contributed by atoms with Crippen LogP contribution in [0.1, 0.15) is 13.8 Å². The minimum absolute atomic E-state index is 0.427. The third kappa shape index (κ3) is 3.52. The van der Waals surface area contributed by atoms with Gasteiger partial charge < -0.3 is 0 Å². The monoisotopic (exact) mass is 528 g/mol. The Morgan fingerprint density at radius 1 is 0.605 bits per heavy atom. The SMILES string of the molecule is CC(C)S(c1ccccc1)(c1ccccc1)c1cccc(-c2ccc3nc4sc5ccccc5n4c3c2)c1. The van der Waals surface area contributed by atoms with E-state index in [0.717, 1.165) is 16.0 Å². The Hall–Kier alpha value is -3.86. The predicted octanol–water partition coefficient (Wildman–Crippen LogP) is 10.1. The van der Waals surface area contributed by atoms with Gasteiger partial charge in [0, 0.05) is 0 Å². The van der Waals surface area contributed by atoms with Gasteiger partial charge in [-0.2, -0.15) is 10.0 Å². The molecular formula is C34H28N2S2. The quantitative estimate of drug-likeness (QED) is 0.217. The molecule has 5 aromatic carbocycles. The molecule has 0 aliphatic rings. The molecule has 7 aromatic rings. The van der Waals surface area contributed by atoms with Gasteiger partial charge in [-0.3, -0.25) is 4.40 Å². The first-order chi connectivity index (χ1) is 18.7. The zero-order valence-corrected chi connectivity index (χ0v) is 23.0. The van der Waals surface area contributed by atoms with Crippen LogP contribution in [-0.4, -0.2) is 14.6 Å². The number of imidazole rings is 1. The number of hydrogen-bond acceptors (Lipinski definition) is 2. The largest absolute Gasteiger partial charge is 0.283 e. The molecule has 38 heavy (non-hydrogen) atoms. The first-order valence-corrected chi connectivity index (χ1v) is 15.5. The fraction of sp³-hybridized carbons (Fsp3) is 0.0882. The Labute approximate surface area is 228 Å². The molecule has 0 radical (unpaired) electrons. The van der Waals surface area contributed by atoms with Crippen molar-refractivity contribution in [3.05, 3.63) is 127 Å². The number of aromatic nitrogens is 2. The van der Waals surface area contributed by atoms with Crippen LogP contribution in [0.3, 0.4) is 0 Å². The van der Waals surface area contributed by atoms with Gasteiger partial charge in [-0.25, -0.2) is 4.98 Å².